The number of carboxylic acid groups (broad SMARTS) is 1. The quantitative estimate of drug-likeness (QED) is 0.329. The molecule has 2 rings (SSSR count). The summed E-state index contributed by atoms with van der Waals surface area (Å²) in [6.07, 6.45) is 5.65. The lowest BCUT2D eigenvalue weighted by atomic mass is 9.98. The maximum absolute atomic E-state index is 10.2. The van der Waals surface area contributed by atoms with E-state index in [2.05, 4.69) is 21.3 Å². The largest absolute Gasteiger partial charge is 0.480 e. The fraction of sp³-hybridized carbons (Fsp3) is 0.938. The van der Waals surface area contributed by atoms with Gasteiger partial charge in [-0.3, -0.25) is 4.79 Å². The monoisotopic (exact) mass is 330 g/mol. The van der Waals surface area contributed by atoms with Gasteiger partial charge in [0.25, 0.3) is 0 Å². The lowest BCUT2D eigenvalue weighted by molar-refractivity contribution is -0.136. The highest BCUT2D eigenvalue weighted by atomic mass is 16.4. The average Bonchev–Trinajstić information content (AvgIpc) is 2.57. The minimum Gasteiger partial charge on any atom is -0.480 e. The van der Waals surface area contributed by atoms with Crippen LogP contribution in [-0.2, 0) is 4.79 Å². The first kappa shape index (κ1) is 20.3. The van der Waals surface area contributed by atoms with Crippen molar-refractivity contribution in [3.05, 3.63) is 0 Å². The van der Waals surface area contributed by atoms with Gasteiger partial charge in [0.2, 0.25) is 0 Å². The molecule has 0 aromatic carbocycles. The third-order valence-electron chi connectivity index (χ3n) is 4.28. The Bertz CT molecular complexity index is 293. The first-order valence-electron chi connectivity index (χ1n) is 8.90. The minimum absolute atomic E-state index is 0.0872. The van der Waals surface area contributed by atoms with Crippen molar-refractivity contribution in [2.24, 2.45) is 5.92 Å². The molecule has 136 valence electrons. The van der Waals surface area contributed by atoms with Crippen LogP contribution < -0.4 is 21.3 Å². The first-order valence-corrected chi connectivity index (χ1v) is 8.90. The van der Waals surface area contributed by atoms with Gasteiger partial charge in [0.1, 0.15) is 0 Å². The Kier molecular flexibility index (Phi) is 12.1. The van der Waals surface area contributed by atoms with Gasteiger partial charge in [-0.2, -0.15) is 0 Å². The molecule has 2 fully saturated rings. The summed E-state index contributed by atoms with van der Waals surface area (Å²) in [5.74, 6) is -0.116. The second-order valence-corrected chi connectivity index (χ2v) is 6.27. The second-order valence-electron chi connectivity index (χ2n) is 6.27. The van der Waals surface area contributed by atoms with Gasteiger partial charge in [0.15, 0.2) is 0 Å². The summed E-state index contributed by atoms with van der Waals surface area (Å²) < 4.78 is 0. The summed E-state index contributed by atoms with van der Waals surface area (Å²) in [7, 11) is 0. The molecule has 2 heterocycles. The van der Waals surface area contributed by atoms with Crippen molar-refractivity contribution < 1.29 is 15.0 Å². The topological polar surface area (TPSA) is 106 Å². The third-order valence-corrected chi connectivity index (χ3v) is 4.28. The van der Waals surface area contributed by atoms with Crippen LogP contribution in [0.1, 0.15) is 32.1 Å². The fourth-order valence-electron chi connectivity index (χ4n) is 2.88. The normalized spacial score (nSPS) is 19.9. The Morgan fingerprint density at radius 2 is 1.65 bits per heavy atom. The standard InChI is InChI=1S/C8H16N2O2.C8H18N2O/c11-8(12)6-10-5-7-1-3-9-4-2-7;11-7-1-4-10-8-2-5-9-6-3-8/h7,9-10H,1-6H2,(H,11,12);8-11H,1-7H2. The molecule has 2 aliphatic heterocycles. The van der Waals surface area contributed by atoms with E-state index in [9.17, 15) is 4.79 Å². The lowest BCUT2D eigenvalue weighted by Gasteiger charge is -2.23. The van der Waals surface area contributed by atoms with E-state index in [1.165, 1.54) is 12.8 Å². The predicted octanol–water partition coefficient (Wildman–Crippen LogP) is -0.629. The fourth-order valence-corrected chi connectivity index (χ4v) is 2.88. The number of aliphatic hydroxyl groups excluding tert-OH is 1. The summed E-state index contributed by atoms with van der Waals surface area (Å²) in [6.45, 7) is 6.60. The van der Waals surface area contributed by atoms with Gasteiger partial charge >= 0.3 is 5.97 Å². The van der Waals surface area contributed by atoms with Crippen LogP contribution in [0.3, 0.4) is 0 Å². The molecule has 0 saturated carbocycles. The van der Waals surface area contributed by atoms with Crippen molar-refractivity contribution in [2.45, 2.75) is 38.1 Å². The van der Waals surface area contributed by atoms with Crippen LogP contribution in [0.2, 0.25) is 0 Å². The highest BCUT2D eigenvalue weighted by Gasteiger charge is 2.12. The van der Waals surface area contributed by atoms with Crippen LogP contribution in [-0.4, -0.2) is 74.6 Å². The molecular formula is C16H34N4O3. The zero-order valence-electron chi connectivity index (χ0n) is 14.1. The van der Waals surface area contributed by atoms with Gasteiger partial charge in [0.05, 0.1) is 6.54 Å². The molecular weight excluding hydrogens is 296 g/mol. The van der Waals surface area contributed by atoms with Crippen molar-refractivity contribution in [1.82, 2.24) is 21.3 Å². The molecule has 2 aliphatic rings. The van der Waals surface area contributed by atoms with Crippen molar-refractivity contribution in [2.75, 3.05) is 52.4 Å². The molecule has 7 heteroatoms. The number of carboxylic acids is 1. The van der Waals surface area contributed by atoms with Crippen LogP contribution in [0, 0.1) is 5.92 Å². The Hall–Kier alpha value is -0.730. The zero-order chi connectivity index (χ0) is 16.8. The summed E-state index contributed by atoms with van der Waals surface area (Å²) in [6, 6.07) is 0.683. The average molecular weight is 330 g/mol. The molecule has 0 atom stereocenters. The SMILES string of the molecule is O=C(O)CNCC1CCNCC1.OCCCNC1CCNCC1. The van der Waals surface area contributed by atoms with E-state index >= 15 is 0 Å². The molecule has 0 bridgehead atoms. The van der Waals surface area contributed by atoms with Crippen LogP contribution in [0.25, 0.3) is 0 Å². The van der Waals surface area contributed by atoms with Crippen LogP contribution in [0.15, 0.2) is 0 Å². The van der Waals surface area contributed by atoms with E-state index in [0.717, 1.165) is 58.5 Å². The maximum Gasteiger partial charge on any atom is 0.317 e. The molecule has 0 unspecified atom stereocenters. The summed E-state index contributed by atoms with van der Waals surface area (Å²) in [5, 5.41) is 29.8. The van der Waals surface area contributed by atoms with Crippen molar-refractivity contribution >= 4 is 5.97 Å². The molecule has 0 radical (unpaired) electrons. The van der Waals surface area contributed by atoms with Crippen molar-refractivity contribution in [3.63, 3.8) is 0 Å². The number of aliphatic hydroxyl groups is 1. The number of piperidine rings is 2. The number of nitrogens with one attached hydrogen (secondary N) is 4. The maximum atomic E-state index is 10.2. The van der Waals surface area contributed by atoms with Gasteiger partial charge in [-0.25, -0.2) is 0 Å². The summed E-state index contributed by atoms with van der Waals surface area (Å²) >= 11 is 0. The molecule has 6 N–H and O–H groups in total. The molecule has 23 heavy (non-hydrogen) atoms. The summed E-state index contributed by atoms with van der Waals surface area (Å²) in [4.78, 5) is 10.2. The Balaban J connectivity index is 0.000000231. The van der Waals surface area contributed by atoms with Gasteiger partial charge in [-0.05, 0) is 77.3 Å². The molecule has 0 aromatic rings. The van der Waals surface area contributed by atoms with E-state index in [4.69, 9.17) is 10.2 Å². The van der Waals surface area contributed by atoms with E-state index in [1.54, 1.807) is 0 Å². The Labute approximate surface area is 139 Å². The summed E-state index contributed by atoms with van der Waals surface area (Å²) in [5.41, 5.74) is 0. The Morgan fingerprint density at radius 3 is 2.22 bits per heavy atom. The number of aliphatic carboxylic acids is 1. The lowest BCUT2D eigenvalue weighted by Crippen LogP contribution is -2.40. The van der Waals surface area contributed by atoms with E-state index < -0.39 is 5.97 Å². The van der Waals surface area contributed by atoms with E-state index in [-0.39, 0.29) is 6.54 Å². The van der Waals surface area contributed by atoms with Gasteiger partial charge < -0.3 is 31.5 Å². The van der Waals surface area contributed by atoms with Crippen molar-refractivity contribution in [3.8, 4) is 0 Å². The number of carbonyl (C=O) groups is 1. The van der Waals surface area contributed by atoms with E-state index in [1.807, 2.05) is 0 Å². The van der Waals surface area contributed by atoms with Crippen LogP contribution >= 0.6 is 0 Å². The zero-order valence-corrected chi connectivity index (χ0v) is 14.1. The number of hydrogen-bond acceptors (Lipinski definition) is 6. The smallest absolute Gasteiger partial charge is 0.317 e. The minimum atomic E-state index is -0.774. The molecule has 2 saturated heterocycles. The first-order chi connectivity index (χ1) is 11.2. The number of rotatable bonds is 8. The predicted molar refractivity (Wildman–Crippen MR) is 91.7 cm³/mol. The third kappa shape index (κ3) is 11.4. The molecule has 0 aromatic heterocycles. The second kappa shape index (κ2) is 13.7. The van der Waals surface area contributed by atoms with E-state index in [0.29, 0.717) is 18.6 Å². The number of hydrogen-bond donors (Lipinski definition) is 6. The Morgan fingerprint density at radius 1 is 1.04 bits per heavy atom. The highest BCUT2D eigenvalue weighted by molar-refractivity contribution is 5.68. The molecule has 0 aliphatic carbocycles. The van der Waals surface area contributed by atoms with Gasteiger partial charge in [-0.1, -0.05) is 0 Å². The van der Waals surface area contributed by atoms with Crippen LogP contribution in [0.4, 0.5) is 0 Å². The van der Waals surface area contributed by atoms with Gasteiger partial charge in [0, 0.05) is 12.6 Å². The molecule has 0 spiro atoms. The van der Waals surface area contributed by atoms with Crippen LogP contribution in [0.5, 0.6) is 0 Å². The van der Waals surface area contributed by atoms with Crippen molar-refractivity contribution in [1.29, 1.82) is 0 Å². The highest BCUT2D eigenvalue weighted by Crippen LogP contribution is 2.09. The van der Waals surface area contributed by atoms with Gasteiger partial charge in [-0.15, -0.1) is 0 Å². The molecule has 0 amide bonds. The molecule has 7 nitrogen and oxygen atoms in total.